The van der Waals surface area contributed by atoms with Crippen molar-refractivity contribution in [1.82, 2.24) is 5.32 Å². The quantitative estimate of drug-likeness (QED) is 0.591. The molecule has 15 heavy (non-hydrogen) atoms. The van der Waals surface area contributed by atoms with Crippen LogP contribution in [0.4, 0.5) is 0 Å². The van der Waals surface area contributed by atoms with Crippen molar-refractivity contribution in [3.8, 4) is 0 Å². The average molecular weight is 211 g/mol. The van der Waals surface area contributed by atoms with E-state index in [0.29, 0.717) is 0 Å². The van der Waals surface area contributed by atoms with Gasteiger partial charge in [0.25, 0.3) is 0 Å². The Bertz CT molecular complexity index is 138. The molecule has 0 aliphatic heterocycles. The topological polar surface area (TPSA) is 12.0 Å². The first-order chi connectivity index (χ1) is 7.33. The van der Waals surface area contributed by atoms with Gasteiger partial charge in [-0.3, -0.25) is 0 Å². The van der Waals surface area contributed by atoms with Crippen molar-refractivity contribution < 1.29 is 0 Å². The van der Waals surface area contributed by atoms with Gasteiger partial charge in [-0.1, -0.05) is 51.9 Å². The van der Waals surface area contributed by atoms with Gasteiger partial charge in [-0.15, -0.1) is 0 Å². The van der Waals surface area contributed by atoms with Crippen LogP contribution in [0, 0.1) is 0 Å². The first kappa shape index (κ1) is 13.0. The lowest BCUT2D eigenvalue weighted by molar-refractivity contribution is 0.417. The summed E-state index contributed by atoms with van der Waals surface area (Å²) in [7, 11) is 0. The van der Waals surface area contributed by atoms with E-state index in [9.17, 15) is 0 Å². The van der Waals surface area contributed by atoms with Crippen LogP contribution >= 0.6 is 0 Å². The maximum atomic E-state index is 3.77. The Morgan fingerprint density at radius 3 is 2.40 bits per heavy atom. The third-order valence-corrected chi connectivity index (χ3v) is 3.62. The van der Waals surface area contributed by atoms with Crippen LogP contribution in [0.25, 0.3) is 0 Å². The molecule has 0 heterocycles. The normalized spacial score (nSPS) is 19.6. The second-order valence-electron chi connectivity index (χ2n) is 5.25. The zero-order chi connectivity index (χ0) is 10.9. The fraction of sp³-hybridized carbons (Fsp3) is 1.00. The lowest BCUT2D eigenvalue weighted by Crippen LogP contribution is -2.34. The summed E-state index contributed by atoms with van der Waals surface area (Å²) in [6, 6.07) is 1.59. The van der Waals surface area contributed by atoms with Crippen LogP contribution < -0.4 is 5.32 Å². The molecule has 0 amide bonds. The highest BCUT2D eigenvalue weighted by Crippen LogP contribution is 2.19. The van der Waals surface area contributed by atoms with Gasteiger partial charge in [0, 0.05) is 12.1 Å². The maximum Gasteiger partial charge on any atom is 0.00695 e. The molecule has 1 N–H and O–H groups in total. The molecule has 1 fully saturated rings. The maximum absolute atomic E-state index is 3.77. The van der Waals surface area contributed by atoms with Gasteiger partial charge >= 0.3 is 0 Å². The first-order valence-electron chi connectivity index (χ1n) is 7.09. The third-order valence-electron chi connectivity index (χ3n) is 3.62. The van der Waals surface area contributed by atoms with Crippen molar-refractivity contribution in [3.63, 3.8) is 0 Å². The average Bonchev–Trinajstić information content (AvgIpc) is 2.70. The SMILES string of the molecule is CCCCCCCC(C)NC1CCCC1. The molecular weight excluding hydrogens is 182 g/mol. The molecule has 1 saturated carbocycles. The molecule has 1 unspecified atom stereocenters. The van der Waals surface area contributed by atoms with E-state index in [-0.39, 0.29) is 0 Å². The summed E-state index contributed by atoms with van der Waals surface area (Å²) in [5, 5.41) is 3.77. The minimum Gasteiger partial charge on any atom is -0.312 e. The zero-order valence-corrected chi connectivity index (χ0v) is 10.7. The Kier molecular flexibility index (Phi) is 7.08. The summed E-state index contributed by atoms with van der Waals surface area (Å²) in [4.78, 5) is 0. The Hall–Kier alpha value is -0.0400. The standard InChI is InChI=1S/C14H29N/c1-3-4-5-6-7-10-13(2)15-14-11-8-9-12-14/h13-15H,3-12H2,1-2H3. The summed E-state index contributed by atoms with van der Waals surface area (Å²) in [6.07, 6.45) is 14.2. The number of unbranched alkanes of at least 4 members (excludes halogenated alkanes) is 4. The molecule has 0 spiro atoms. The molecule has 0 saturated heterocycles. The van der Waals surface area contributed by atoms with Gasteiger partial charge in [-0.2, -0.15) is 0 Å². The van der Waals surface area contributed by atoms with Crippen molar-refractivity contribution in [2.24, 2.45) is 0 Å². The van der Waals surface area contributed by atoms with Crippen LogP contribution in [0.5, 0.6) is 0 Å². The summed E-state index contributed by atoms with van der Waals surface area (Å²) in [6.45, 7) is 4.64. The smallest absolute Gasteiger partial charge is 0.00695 e. The second-order valence-corrected chi connectivity index (χ2v) is 5.25. The van der Waals surface area contributed by atoms with Crippen LogP contribution in [-0.4, -0.2) is 12.1 Å². The Balaban J connectivity index is 1.91. The van der Waals surface area contributed by atoms with E-state index in [1.807, 2.05) is 0 Å². The van der Waals surface area contributed by atoms with Gasteiger partial charge in [0.15, 0.2) is 0 Å². The summed E-state index contributed by atoms with van der Waals surface area (Å²) >= 11 is 0. The van der Waals surface area contributed by atoms with Crippen LogP contribution in [0.3, 0.4) is 0 Å². The van der Waals surface area contributed by atoms with Crippen LogP contribution in [0.2, 0.25) is 0 Å². The van der Waals surface area contributed by atoms with Crippen molar-refractivity contribution in [2.75, 3.05) is 0 Å². The van der Waals surface area contributed by atoms with E-state index >= 15 is 0 Å². The minimum absolute atomic E-state index is 0.745. The van der Waals surface area contributed by atoms with E-state index in [4.69, 9.17) is 0 Å². The van der Waals surface area contributed by atoms with E-state index in [1.165, 1.54) is 64.2 Å². The lowest BCUT2D eigenvalue weighted by atomic mass is 10.1. The highest BCUT2D eigenvalue weighted by atomic mass is 14.9. The van der Waals surface area contributed by atoms with Crippen molar-refractivity contribution in [2.45, 2.75) is 90.1 Å². The Morgan fingerprint density at radius 2 is 1.73 bits per heavy atom. The number of hydrogen-bond donors (Lipinski definition) is 1. The molecule has 1 nitrogen and oxygen atoms in total. The molecule has 0 aromatic rings. The third kappa shape index (κ3) is 6.19. The monoisotopic (exact) mass is 211 g/mol. The predicted molar refractivity (Wildman–Crippen MR) is 68.2 cm³/mol. The van der Waals surface area contributed by atoms with Gasteiger partial charge in [0.2, 0.25) is 0 Å². The van der Waals surface area contributed by atoms with E-state index in [2.05, 4.69) is 19.2 Å². The van der Waals surface area contributed by atoms with E-state index < -0.39 is 0 Å². The zero-order valence-electron chi connectivity index (χ0n) is 10.7. The fourth-order valence-corrected chi connectivity index (χ4v) is 2.63. The fourth-order valence-electron chi connectivity index (χ4n) is 2.63. The van der Waals surface area contributed by atoms with Gasteiger partial charge < -0.3 is 5.32 Å². The van der Waals surface area contributed by atoms with Gasteiger partial charge in [-0.25, -0.2) is 0 Å². The molecule has 1 heteroatoms. The molecule has 1 atom stereocenters. The molecule has 90 valence electrons. The molecule has 0 bridgehead atoms. The van der Waals surface area contributed by atoms with Gasteiger partial charge in [0.1, 0.15) is 0 Å². The molecule has 1 rings (SSSR count). The van der Waals surface area contributed by atoms with Gasteiger partial charge in [-0.05, 0) is 26.2 Å². The first-order valence-corrected chi connectivity index (χ1v) is 7.09. The summed E-state index contributed by atoms with van der Waals surface area (Å²) in [5.41, 5.74) is 0. The van der Waals surface area contributed by atoms with E-state index in [1.54, 1.807) is 0 Å². The van der Waals surface area contributed by atoms with E-state index in [0.717, 1.165) is 12.1 Å². The predicted octanol–water partition coefficient (Wildman–Crippen LogP) is 4.27. The van der Waals surface area contributed by atoms with Crippen molar-refractivity contribution in [3.05, 3.63) is 0 Å². The summed E-state index contributed by atoms with van der Waals surface area (Å²) < 4.78 is 0. The highest BCUT2D eigenvalue weighted by Gasteiger charge is 2.16. The Morgan fingerprint density at radius 1 is 1.07 bits per heavy atom. The van der Waals surface area contributed by atoms with Gasteiger partial charge in [0.05, 0.1) is 0 Å². The minimum atomic E-state index is 0.745. The number of nitrogens with one attached hydrogen (secondary N) is 1. The molecule has 0 radical (unpaired) electrons. The van der Waals surface area contributed by atoms with Crippen molar-refractivity contribution >= 4 is 0 Å². The number of hydrogen-bond acceptors (Lipinski definition) is 1. The largest absolute Gasteiger partial charge is 0.312 e. The second kappa shape index (κ2) is 8.15. The van der Waals surface area contributed by atoms with Crippen LogP contribution in [0.1, 0.15) is 78.1 Å². The molecule has 1 aliphatic carbocycles. The van der Waals surface area contributed by atoms with Crippen LogP contribution in [-0.2, 0) is 0 Å². The molecular formula is C14H29N. The molecule has 0 aromatic carbocycles. The molecule has 1 aliphatic rings. The number of rotatable bonds is 8. The van der Waals surface area contributed by atoms with Crippen LogP contribution in [0.15, 0.2) is 0 Å². The Labute approximate surface area is 96.0 Å². The molecule has 0 aromatic heterocycles. The summed E-state index contributed by atoms with van der Waals surface area (Å²) in [5.74, 6) is 0. The van der Waals surface area contributed by atoms with Crippen molar-refractivity contribution in [1.29, 1.82) is 0 Å². The highest BCUT2D eigenvalue weighted by molar-refractivity contribution is 4.76. The lowest BCUT2D eigenvalue weighted by Gasteiger charge is -2.18.